The molecule has 3 heterocycles. The number of fused-ring (bicyclic) bond motifs is 1. The molecule has 0 saturated carbocycles. The number of halogens is 3. The molecule has 0 aromatic carbocycles. The van der Waals surface area contributed by atoms with Gasteiger partial charge in [-0.2, -0.15) is 23.5 Å². The number of aliphatic imine (C=N–C) groups is 1. The molecule has 1 aliphatic heterocycles. The standard InChI is InChI=1S/C14H11F3N6/c15-14(16,17)12-9(2-1-4-20-12)3-5-23-13-10(7-19-8-21-13)11(6-18)22-23/h1-2,4,8H,3,5,7H2,(H,19,21). The van der Waals surface area contributed by atoms with Crippen LogP contribution in [0.15, 0.2) is 23.3 Å². The summed E-state index contributed by atoms with van der Waals surface area (Å²) in [6.07, 6.45) is -1.80. The van der Waals surface area contributed by atoms with E-state index >= 15 is 0 Å². The normalized spacial score (nSPS) is 13.3. The molecule has 118 valence electrons. The SMILES string of the molecule is N#Cc1nn(CCc2cccnc2C(F)(F)F)c2c1CN=CN2. The lowest BCUT2D eigenvalue weighted by Gasteiger charge is -2.13. The van der Waals surface area contributed by atoms with Crippen molar-refractivity contribution in [2.75, 3.05) is 5.32 Å². The highest BCUT2D eigenvalue weighted by molar-refractivity contribution is 5.78. The van der Waals surface area contributed by atoms with E-state index in [0.717, 1.165) is 6.20 Å². The number of hydrogen-bond donors (Lipinski definition) is 1. The molecule has 0 bridgehead atoms. The zero-order valence-corrected chi connectivity index (χ0v) is 11.8. The van der Waals surface area contributed by atoms with Crippen LogP contribution in [0, 0.1) is 11.3 Å². The Hall–Kier alpha value is -2.89. The number of anilines is 1. The van der Waals surface area contributed by atoms with E-state index in [1.54, 1.807) is 0 Å². The number of aromatic nitrogens is 3. The quantitative estimate of drug-likeness (QED) is 0.941. The van der Waals surface area contributed by atoms with E-state index in [1.807, 2.05) is 6.07 Å². The van der Waals surface area contributed by atoms with Gasteiger partial charge in [0.2, 0.25) is 0 Å². The fourth-order valence-corrected chi connectivity index (χ4v) is 2.43. The van der Waals surface area contributed by atoms with Gasteiger partial charge < -0.3 is 5.32 Å². The van der Waals surface area contributed by atoms with Crippen molar-refractivity contribution >= 4 is 12.2 Å². The Bertz CT molecular complexity index is 800. The summed E-state index contributed by atoms with van der Waals surface area (Å²) in [6.45, 7) is 0.519. The summed E-state index contributed by atoms with van der Waals surface area (Å²) in [5.74, 6) is 0.592. The van der Waals surface area contributed by atoms with Crippen molar-refractivity contribution < 1.29 is 13.2 Å². The summed E-state index contributed by atoms with van der Waals surface area (Å²) in [7, 11) is 0. The van der Waals surface area contributed by atoms with Crippen LogP contribution in [0.25, 0.3) is 0 Å². The smallest absolute Gasteiger partial charge is 0.331 e. The van der Waals surface area contributed by atoms with Crippen LogP contribution in [0.5, 0.6) is 0 Å². The van der Waals surface area contributed by atoms with Crippen LogP contribution in [0.4, 0.5) is 19.0 Å². The predicted molar refractivity (Wildman–Crippen MR) is 75.7 cm³/mol. The number of alkyl halides is 3. The molecule has 1 aliphatic rings. The van der Waals surface area contributed by atoms with Crippen molar-refractivity contribution in [2.45, 2.75) is 25.7 Å². The van der Waals surface area contributed by atoms with Crippen molar-refractivity contribution in [2.24, 2.45) is 4.99 Å². The second-order valence-electron chi connectivity index (χ2n) is 4.88. The van der Waals surface area contributed by atoms with Crippen LogP contribution in [-0.4, -0.2) is 21.1 Å². The minimum atomic E-state index is -4.50. The van der Waals surface area contributed by atoms with Gasteiger partial charge in [0.05, 0.1) is 18.4 Å². The average molecular weight is 320 g/mol. The minimum absolute atomic E-state index is 0.0900. The van der Waals surface area contributed by atoms with Crippen molar-refractivity contribution in [3.05, 3.63) is 40.8 Å². The maximum atomic E-state index is 12.9. The third-order valence-electron chi connectivity index (χ3n) is 3.45. The first-order chi connectivity index (χ1) is 11.0. The van der Waals surface area contributed by atoms with Crippen LogP contribution in [0.3, 0.4) is 0 Å². The van der Waals surface area contributed by atoms with Crippen molar-refractivity contribution in [1.82, 2.24) is 14.8 Å². The number of nitriles is 1. The van der Waals surface area contributed by atoms with E-state index in [0.29, 0.717) is 17.9 Å². The van der Waals surface area contributed by atoms with E-state index in [2.05, 4.69) is 20.4 Å². The Balaban J connectivity index is 1.86. The molecule has 0 atom stereocenters. The summed E-state index contributed by atoms with van der Waals surface area (Å²) in [4.78, 5) is 7.43. The van der Waals surface area contributed by atoms with Crippen LogP contribution < -0.4 is 5.32 Å². The first kappa shape index (κ1) is 15.0. The molecule has 0 radical (unpaired) electrons. The molecule has 23 heavy (non-hydrogen) atoms. The monoisotopic (exact) mass is 320 g/mol. The third-order valence-corrected chi connectivity index (χ3v) is 3.45. The molecule has 2 aromatic heterocycles. The summed E-state index contributed by atoms with van der Waals surface area (Å²) >= 11 is 0. The fourth-order valence-electron chi connectivity index (χ4n) is 2.43. The van der Waals surface area contributed by atoms with E-state index in [9.17, 15) is 13.2 Å². The molecule has 0 fully saturated rings. The maximum Gasteiger partial charge on any atom is 0.433 e. The Morgan fingerprint density at radius 2 is 2.22 bits per heavy atom. The number of pyridine rings is 1. The minimum Gasteiger partial charge on any atom is -0.331 e. The lowest BCUT2D eigenvalue weighted by molar-refractivity contribution is -0.141. The van der Waals surface area contributed by atoms with Gasteiger partial charge in [0.25, 0.3) is 0 Å². The number of nitrogens with one attached hydrogen (secondary N) is 1. The Morgan fingerprint density at radius 3 is 2.96 bits per heavy atom. The second-order valence-corrected chi connectivity index (χ2v) is 4.88. The van der Waals surface area contributed by atoms with E-state index in [-0.39, 0.29) is 24.2 Å². The number of aryl methyl sites for hydroxylation is 2. The van der Waals surface area contributed by atoms with Gasteiger partial charge in [-0.25, -0.2) is 4.68 Å². The maximum absolute atomic E-state index is 12.9. The zero-order chi connectivity index (χ0) is 16.4. The van der Waals surface area contributed by atoms with Crippen LogP contribution in [0.1, 0.15) is 22.5 Å². The first-order valence-corrected chi connectivity index (χ1v) is 6.76. The van der Waals surface area contributed by atoms with Crippen molar-refractivity contribution in [1.29, 1.82) is 5.26 Å². The molecular weight excluding hydrogens is 309 g/mol. The molecule has 1 N–H and O–H groups in total. The van der Waals surface area contributed by atoms with Gasteiger partial charge in [0.1, 0.15) is 17.6 Å². The Morgan fingerprint density at radius 1 is 1.39 bits per heavy atom. The highest BCUT2D eigenvalue weighted by atomic mass is 19.4. The van der Waals surface area contributed by atoms with Crippen LogP contribution in [0.2, 0.25) is 0 Å². The molecular formula is C14H11F3N6. The summed E-state index contributed by atoms with van der Waals surface area (Å²) in [6, 6.07) is 4.83. The summed E-state index contributed by atoms with van der Waals surface area (Å²) in [5.41, 5.74) is 0.0760. The fraction of sp³-hybridized carbons (Fsp3) is 0.286. The van der Waals surface area contributed by atoms with E-state index < -0.39 is 11.9 Å². The van der Waals surface area contributed by atoms with Gasteiger partial charge in [-0.1, -0.05) is 6.07 Å². The lowest BCUT2D eigenvalue weighted by Crippen LogP contribution is -2.15. The Kier molecular flexibility index (Phi) is 3.73. The second kappa shape index (κ2) is 5.72. The zero-order valence-electron chi connectivity index (χ0n) is 11.8. The molecule has 0 spiro atoms. The third kappa shape index (κ3) is 2.88. The van der Waals surface area contributed by atoms with Crippen LogP contribution in [-0.2, 0) is 25.7 Å². The molecule has 9 heteroatoms. The first-order valence-electron chi connectivity index (χ1n) is 6.76. The average Bonchev–Trinajstić information content (AvgIpc) is 2.90. The number of hydrogen-bond acceptors (Lipinski definition) is 5. The number of nitrogens with zero attached hydrogens (tertiary/aromatic N) is 5. The van der Waals surface area contributed by atoms with E-state index in [1.165, 1.54) is 23.2 Å². The van der Waals surface area contributed by atoms with Gasteiger partial charge in [0.15, 0.2) is 5.69 Å². The molecule has 0 aliphatic carbocycles. The Labute approximate surface area is 129 Å². The van der Waals surface area contributed by atoms with Crippen molar-refractivity contribution in [3.8, 4) is 6.07 Å². The molecule has 3 rings (SSSR count). The van der Waals surface area contributed by atoms with Crippen LogP contribution >= 0.6 is 0 Å². The van der Waals surface area contributed by atoms with Gasteiger partial charge in [-0.05, 0) is 18.1 Å². The molecule has 6 nitrogen and oxygen atoms in total. The van der Waals surface area contributed by atoms with Gasteiger partial charge in [-0.15, -0.1) is 0 Å². The largest absolute Gasteiger partial charge is 0.433 e. The van der Waals surface area contributed by atoms with E-state index in [4.69, 9.17) is 5.26 Å². The van der Waals surface area contributed by atoms with Gasteiger partial charge >= 0.3 is 6.18 Å². The molecule has 0 saturated heterocycles. The number of rotatable bonds is 3. The topological polar surface area (TPSA) is 78.9 Å². The summed E-state index contributed by atoms with van der Waals surface area (Å²) < 4.78 is 40.3. The van der Waals surface area contributed by atoms with Crippen molar-refractivity contribution in [3.63, 3.8) is 0 Å². The molecule has 2 aromatic rings. The summed E-state index contributed by atoms with van der Waals surface area (Å²) in [5, 5.41) is 16.1. The predicted octanol–water partition coefficient (Wildman–Crippen LogP) is 2.37. The van der Waals surface area contributed by atoms with Gasteiger partial charge in [0, 0.05) is 12.7 Å². The molecule has 0 amide bonds. The highest BCUT2D eigenvalue weighted by Gasteiger charge is 2.34. The van der Waals surface area contributed by atoms with Gasteiger partial charge in [-0.3, -0.25) is 9.98 Å². The molecule has 0 unspecified atom stereocenters. The highest BCUT2D eigenvalue weighted by Crippen LogP contribution is 2.30. The lowest BCUT2D eigenvalue weighted by atomic mass is 10.1.